The summed E-state index contributed by atoms with van der Waals surface area (Å²) in [6, 6.07) is 0. The molecule has 0 aliphatic carbocycles. The number of nitrogens with zero attached hydrogens (tertiary/aromatic N) is 5. The molecule has 2 aliphatic rings. The van der Waals surface area contributed by atoms with Crippen molar-refractivity contribution in [1.82, 2.24) is 19.8 Å². The molecule has 1 N–H and O–H groups in total. The van der Waals surface area contributed by atoms with Crippen LogP contribution in [-0.4, -0.2) is 71.7 Å². The Hall–Kier alpha value is -0.970. The maximum Gasteiger partial charge on any atom is 0.293 e. The monoisotopic (exact) mass is 492 g/mol. The summed E-state index contributed by atoms with van der Waals surface area (Å²) in [5.74, 6) is 4.85. The number of halogens is 1. The Labute approximate surface area is 176 Å². The maximum atomic E-state index is 12.2. The Morgan fingerprint density at radius 3 is 2.65 bits per heavy atom. The normalized spacial score (nSPS) is 19.2. The number of piperazine rings is 1. The van der Waals surface area contributed by atoms with Gasteiger partial charge in [-0.15, -0.1) is 24.0 Å². The molecule has 3 rings (SSSR count). The minimum atomic E-state index is -0.0337. The molecule has 2 fully saturated rings. The lowest BCUT2D eigenvalue weighted by Gasteiger charge is -2.37. The smallest absolute Gasteiger partial charge is 0.293 e. The second-order valence-corrected chi connectivity index (χ2v) is 7.85. The highest BCUT2D eigenvalue weighted by molar-refractivity contribution is 14.0. The molecule has 2 aliphatic heterocycles. The van der Waals surface area contributed by atoms with Gasteiger partial charge in [-0.3, -0.25) is 9.79 Å². The zero-order valence-electron chi connectivity index (χ0n) is 15.6. The number of aromatic nitrogens is 2. The zero-order chi connectivity index (χ0) is 17.6. The van der Waals surface area contributed by atoms with Crippen molar-refractivity contribution in [2.45, 2.75) is 12.8 Å². The van der Waals surface area contributed by atoms with Crippen LogP contribution in [0.25, 0.3) is 0 Å². The lowest BCUT2D eigenvalue weighted by molar-refractivity contribution is 0.364. The number of hydrogen-bond acceptors (Lipinski definition) is 5. The Morgan fingerprint density at radius 1 is 1.31 bits per heavy atom. The van der Waals surface area contributed by atoms with Crippen molar-refractivity contribution in [3.63, 3.8) is 0 Å². The van der Waals surface area contributed by atoms with Crippen molar-refractivity contribution in [2.24, 2.45) is 18.0 Å². The molecular weight excluding hydrogens is 463 g/mol. The van der Waals surface area contributed by atoms with Gasteiger partial charge in [0.05, 0.1) is 0 Å². The van der Waals surface area contributed by atoms with Crippen LogP contribution >= 0.6 is 35.7 Å². The summed E-state index contributed by atoms with van der Waals surface area (Å²) >= 11 is 2.06. The van der Waals surface area contributed by atoms with Crippen LogP contribution in [-0.2, 0) is 7.05 Å². The van der Waals surface area contributed by atoms with Crippen LogP contribution in [0.3, 0.4) is 0 Å². The maximum absolute atomic E-state index is 12.2. The van der Waals surface area contributed by atoms with Gasteiger partial charge in [-0.1, -0.05) is 0 Å². The van der Waals surface area contributed by atoms with E-state index in [1.807, 2.05) is 7.05 Å². The van der Waals surface area contributed by atoms with E-state index in [0.29, 0.717) is 5.82 Å². The summed E-state index contributed by atoms with van der Waals surface area (Å²) in [4.78, 5) is 25.3. The summed E-state index contributed by atoms with van der Waals surface area (Å²) in [6.07, 6.45) is 5.97. The van der Waals surface area contributed by atoms with Crippen LogP contribution in [0.5, 0.6) is 0 Å². The summed E-state index contributed by atoms with van der Waals surface area (Å²) in [5.41, 5.74) is -0.0337. The van der Waals surface area contributed by atoms with E-state index in [-0.39, 0.29) is 29.5 Å². The molecule has 0 spiro atoms. The van der Waals surface area contributed by atoms with Gasteiger partial charge in [0.15, 0.2) is 11.8 Å². The first-order valence-corrected chi connectivity index (χ1v) is 10.1. The van der Waals surface area contributed by atoms with Gasteiger partial charge in [-0.05, 0) is 30.3 Å². The van der Waals surface area contributed by atoms with Gasteiger partial charge in [0.25, 0.3) is 5.56 Å². The summed E-state index contributed by atoms with van der Waals surface area (Å²) in [7, 11) is 3.61. The molecule has 0 amide bonds. The van der Waals surface area contributed by atoms with Crippen LogP contribution in [0.15, 0.2) is 22.2 Å². The number of rotatable bonds is 3. The van der Waals surface area contributed by atoms with Gasteiger partial charge < -0.3 is 19.7 Å². The summed E-state index contributed by atoms with van der Waals surface area (Å²) in [5, 5.41) is 3.55. The van der Waals surface area contributed by atoms with E-state index in [2.05, 4.69) is 36.9 Å². The molecular formula is C17H29IN6OS. The lowest BCUT2D eigenvalue weighted by atomic mass is 10.0. The number of hydrogen-bond donors (Lipinski definition) is 1. The Morgan fingerprint density at radius 2 is 2.00 bits per heavy atom. The van der Waals surface area contributed by atoms with Crippen molar-refractivity contribution in [2.75, 3.05) is 56.2 Å². The van der Waals surface area contributed by atoms with Gasteiger partial charge in [-0.25, -0.2) is 4.98 Å². The molecule has 7 nitrogen and oxygen atoms in total. The highest BCUT2D eigenvalue weighted by Crippen LogP contribution is 2.22. The predicted octanol–water partition coefficient (Wildman–Crippen LogP) is 1.24. The van der Waals surface area contributed by atoms with E-state index < -0.39 is 0 Å². The van der Waals surface area contributed by atoms with E-state index in [9.17, 15) is 4.79 Å². The first-order chi connectivity index (χ1) is 12.2. The van der Waals surface area contributed by atoms with Gasteiger partial charge in [0.2, 0.25) is 0 Å². The van der Waals surface area contributed by atoms with Crippen molar-refractivity contribution >= 4 is 47.5 Å². The van der Waals surface area contributed by atoms with Gasteiger partial charge in [0.1, 0.15) is 0 Å². The Balaban J connectivity index is 0.00000243. The molecule has 3 heterocycles. The minimum absolute atomic E-state index is 0. The Bertz CT molecular complexity index is 653. The second kappa shape index (κ2) is 10.4. The SMILES string of the molecule is CN=C(NCC1CCSCC1)N1CCN(c2nccn(C)c2=O)CC1.I. The molecule has 0 saturated carbocycles. The van der Waals surface area contributed by atoms with Crippen LogP contribution in [0.1, 0.15) is 12.8 Å². The standard InChI is InChI=1S/C17H28N6OS.HI/c1-18-17(20-13-14-3-11-25-12-4-14)23-9-7-22(8-10-23)15-16(24)21(2)6-5-19-15;/h5-6,14H,3-4,7-13H2,1-2H3,(H,18,20);1H. The summed E-state index contributed by atoms with van der Waals surface area (Å²) < 4.78 is 1.58. The molecule has 9 heteroatoms. The molecule has 0 bridgehead atoms. The quantitative estimate of drug-likeness (QED) is 0.389. The fourth-order valence-electron chi connectivity index (χ4n) is 3.35. The third kappa shape index (κ3) is 5.28. The molecule has 0 unspecified atom stereocenters. The molecule has 1 aromatic heterocycles. The number of thioether (sulfide) groups is 1. The van der Waals surface area contributed by atoms with Crippen molar-refractivity contribution < 1.29 is 0 Å². The van der Waals surface area contributed by atoms with E-state index in [1.165, 1.54) is 24.3 Å². The predicted molar refractivity (Wildman–Crippen MR) is 120 cm³/mol. The second-order valence-electron chi connectivity index (χ2n) is 6.62. The topological polar surface area (TPSA) is 65.8 Å². The highest BCUT2D eigenvalue weighted by Gasteiger charge is 2.23. The molecule has 146 valence electrons. The average molecular weight is 492 g/mol. The Kier molecular flexibility index (Phi) is 8.52. The molecule has 0 radical (unpaired) electrons. The fraction of sp³-hybridized carbons (Fsp3) is 0.706. The van der Waals surface area contributed by atoms with Gasteiger partial charge in [0, 0.05) is 59.2 Å². The fourth-order valence-corrected chi connectivity index (χ4v) is 4.55. The third-order valence-electron chi connectivity index (χ3n) is 4.98. The van der Waals surface area contributed by atoms with Crippen LogP contribution in [0.2, 0.25) is 0 Å². The van der Waals surface area contributed by atoms with E-state index in [4.69, 9.17) is 0 Å². The molecule has 0 aromatic carbocycles. The number of guanidine groups is 1. The van der Waals surface area contributed by atoms with E-state index >= 15 is 0 Å². The number of anilines is 1. The van der Waals surface area contributed by atoms with E-state index in [1.54, 1.807) is 24.0 Å². The van der Waals surface area contributed by atoms with Crippen LogP contribution in [0, 0.1) is 5.92 Å². The largest absolute Gasteiger partial charge is 0.356 e. The minimum Gasteiger partial charge on any atom is -0.356 e. The first kappa shape index (κ1) is 21.3. The molecule has 0 atom stereocenters. The van der Waals surface area contributed by atoms with Gasteiger partial charge >= 0.3 is 0 Å². The number of nitrogens with one attached hydrogen (secondary N) is 1. The van der Waals surface area contributed by atoms with Crippen molar-refractivity contribution in [1.29, 1.82) is 0 Å². The zero-order valence-corrected chi connectivity index (χ0v) is 18.7. The molecule has 26 heavy (non-hydrogen) atoms. The van der Waals surface area contributed by atoms with Crippen LogP contribution in [0.4, 0.5) is 5.82 Å². The van der Waals surface area contributed by atoms with Crippen LogP contribution < -0.4 is 15.8 Å². The number of aliphatic imine (C=N–C) groups is 1. The third-order valence-corrected chi connectivity index (χ3v) is 6.03. The molecule has 2 saturated heterocycles. The highest BCUT2D eigenvalue weighted by atomic mass is 127. The molecule has 1 aromatic rings. The summed E-state index contributed by atoms with van der Waals surface area (Å²) in [6.45, 7) is 4.27. The van der Waals surface area contributed by atoms with Crippen molar-refractivity contribution in [3.05, 3.63) is 22.7 Å². The average Bonchev–Trinajstić information content (AvgIpc) is 2.66. The first-order valence-electron chi connectivity index (χ1n) is 8.99. The van der Waals surface area contributed by atoms with E-state index in [0.717, 1.165) is 44.6 Å². The van der Waals surface area contributed by atoms with Crippen molar-refractivity contribution in [3.8, 4) is 0 Å². The lowest BCUT2D eigenvalue weighted by Crippen LogP contribution is -2.54. The number of aryl methyl sites for hydroxylation is 1. The van der Waals surface area contributed by atoms with Gasteiger partial charge in [-0.2, -0.15) is 11.8 Å².